The highest BCUT2D eigenvalue weighted by atomic mass is 16.2. The number of likely N-dealkylation sites (N-methyl/N-ethyl adjacent to an activating group) is 1. The molecule has 2 rings (SSSR count). The maximum Gasteiger partial charge on any atom is 0.236 e. The molecule has 1 aliphatic carbocycles. The highest BCUT2D eigenvalue weighted by Gasteiger charge is 2.26. The van der Waals surface area contributed by atoms with Crippen LogP contribution in [0.4, 0.5) is 0 Å². The lowest BCUT2D eigenvalue weighted by molar-refractivity contribution is -0.130. The van der Waals surface area contributed by atoms with E-state index in [1.54, 1.807) is 4.90 Å². The van der Waals surface area contributed by atoms with Gasteiger partial charge in [0.2, 0.25) is 5.91 Å². The highest BCUT2D eigenvalue weighted by molar-refractivity contribution is 5.77. The van der Waals surface area contributed by atoms with Gasteiger partial charge in [0.1, 0.15) is 0 Å². The first-order valence-electron chi connectivity index (χ1n) is 8.25. The van der Waals surface area contributed by atoms with Gasteiger partial charge in [-0.2, -0.15) is 0 Å². The van der Waals surface area contributed by atoms with Gasteiger partial charge in [-0.3, -0.25) is 9.69 Å². The lowest BCUT2D eigenvalue weighted by Crippen LogP contribution is -2.48. The van der Waals surface area contributed by atoms with Crippen LogP contribution in [0.15, 0.2) is 0 Å². The van der Waals surface area contributed by atoms with Crippen molar-refractivity contribution in [1.82, 2.24) is 15.1 Å². The minimum atomic E-state index is 0.218. The van der Waals surface area contributed by atoms with E-state index in [4.69, 9.17) is 0 Å². The second-order valence-corrected chi connectivity index (χ2v) is 6.84. The van der Waals surface area contributed by atoms with Gasteiger partial charge in [0.05, 0.1) is 6.54 Å². The Balaban J connectivity index is 1.67. The number of amides is 1. The van der Waals surface area contributed by atoms with Crippen molar-refractivity contribution in [1.29, 1.82) is 0 Å². The van der Waals surface area contributed by atoms with Gasteiger partial charge in [-0.15, -0.1) is 0 Å². The van der Waals surface area contributed by atoms with Crippen LogP contribution >= 0.6 is 0 Å². The molecule has 2 aliphatic rings. The smallest absolute Gasteiger partial charge is 0.236 e. The summed E-state index contributed by atoms with van der Waals surface area (Å²) in [7, 11) is 3.67. The molecule has 0 bridgehead atoms. The predicted octanol–water partition coefficient (Wildman–Crippen LogP) is 1.71. The molecule has 0 radical (unpaired) electrons. The Morgan fingerprint density at radius 1 is 1.20 bits per heavy atom. The fourth-order valence-electron chi connectivity index (χ4n) is 3.56. The molecule has 1 saturated carbocycles. The van der Waals surface area contributed by atoms with Gasteiger partial charge in [-0.05, 0) is 38.5 Å². The fraction of sp³-hybridized carbons (Fsp3) is 0.938. The zero-order valence-electron chi connectivity index (χ0n) is 13.4. The minimum absolute atomic E-state index is 0.218. The molecule has 1 amide bonds. The standard InChI is InChI=1S/C16H31N3O/c1-13(14-6-4-5-7-14)17-15-8-10-19(11-9-15)12-16(20)18(2)3/h13-15,17H,4-12H2,1-3H3/t13-/m0/s1. The van der Waals surface area contributed by atoms with Gasteiger partial charge in [-0.1, -0.05) is 12.8 Å². The van der Waals surface area contributed by atoms with Crippen LogP contribution in [0.1, 0.15) is 45.4 Å². The van der Waals surface area contributed by atoms with Crippen LogP contribution in [0.3, 0.4) is 0 Å². The fourth-order valence-corrected chi connectivity index (χ4v) is 3.56. The molecule has 1 atom stereocenters. The van der Waals surface area contributed by atoms with E-state index in [1.807, 2.05) is 14.1 Å². The van der Waals surface area contributed by atoms with Crippen molar-refractivity contribution in [3.05, 3.63) is 0 Å². The average Bonchev–Trinajstić information content (AvgIpc) is 2.95. The third-order valence-electron chi connectivity index (χ3n) is 5.05. The monoisotopic (exact) mass is 281 g/mol. The number of piperidine rings is 1. The van der Waals surface area contributed by atoms with E-state index in [-0.39, 0.29) is 5.91 Å². The number of nitrogens with zero attached hydrogens (tertiary/aromatic N) is 2. The van der Waals surface area contributed by atoms with Crippen molar-refractivity contribution in [3.63, 3.8) is 0 Å². The predicted molar refractivity (Wildman–Crippen MR) is 82.7 cm³/mol. The van der Waals surface area contributed by atoms with Crippen LogP contribution in [0.2, 0.25) is 0 Å². The Morgan fingerprint density at radius 2 is 1.80 bits per heavy atom. The van der Waals surface area contributed by atoms with E-state index in [0.29, 0.717) is 18.6 Å². The number of hydrogen-bond acceptors (Lipinski definition) is 3. The molecule has 0 aromatic heterocycles. The van der Waals surface area contributed by atoms with E-state index in [2.05, 4.69) is 17.1 Å². The van der Waals surface area contributed by atoms with Crippen LogP contribution in [-0.4, -0.2) is 61.5 Å². The Morgan fingerprint density at radius 3 is 2.35 bits per heavy atom. The third kappa shape index (κ3) is 4.45. The molecule has 1 aliphatic heterocycles. The summed E-state index contributed by atoms with van der Waals surface area (Å²) in [4.78, 5) is 15.7. The summed E-state index contributed by atoms with van der Waals surface area (Å²) in [6.45, 7) is 5.04. The maximum atomic E-state index is 11.7. The topological polar surface area (TPSA) is 35.6 Å². The van der Waals surface area contributed by atoms with Gasteiger partial charge in [-0.25, -0.2) is 0 Å². The van der Waals surface area contributed by atoms with Gasteiger partial charge < -0.3 is 10.2 Å². The summed E-state index contributed by atoms with van der Waals surface area (Å²) in [6, 6.07) is 1.31. The Labute approximate surface area is 123 Å². The van der Waals surface area contributed by atoms with Gasteiger partial charge in [0, 0.05) is 39.3 Å². The van der Waals surface area contributed by atoms with Crippen molar-refractivity contribution in [2.75, 3.05) is 33.7 Å². The number of carbonyl (C=O) groups is 1. The van der Waals surface area contributed by atoms with Crippen molar-refractivity contribution in [3.8, 4) is 0 Å². The summed E-state index contributed by atoms with van der Waals surface area (Å²) < 4.78 is 0. The Hall–Kier alpha value is -0.610. The SMILES string of the molecule is C[C@H](NC1CCN(CC(=O)N(C)C)CC1)C1CCCC1. The molecule has 1 heterocycles. The van der Waals surface area contributed by atoms with Gasteiger partial charge >= 0.3 is 0 Å². The van der Waals surface area contributed by atoms with Gasteiger partial charge in [0.15, 0.2) is 0 Å². The zero-order chi connectivity index (χ0) is 14.5. The Kier molecular flexibility index (Phi) is 5.85. The van der Waals surface area contributed by atoms with Crippen LogP contribution in [-0.2, 0) is 4.79 Å². The molecule has 0 aromatic rings. The van der Waals surface area contributed by atoms with E-state index in [0.717, 1.165) is 19.0 Å². The largest absolute Gasteiger partial charge is 0.348 e. The van der Waals surface area contributed by atoms with Gasteiger partial charge in [0.25, 0.3) is 0 Å². The number of likely N-dealkylation sites (tertiary alicyclic amines) is 1. The number of nitrogens with one attached hydrogen (secondary N) is 1. The summed E-state index contributed by atoms with van der Waals surface area (Å²) in [5.41, 5.74) is 0. The first kappa shape index (κ1) is 15.8. The summed E-state index contributed by atoms with van der Waals surface area (Å²) >= 11 is 0. The molecule has 0 unspecified atom stereocenters. The number of carbonyl (C=O) groups excluding carboxylic acids is 1. The lowest BCUT2D eigenvalue weighted by atomic mass is 9.96. The lowest BCUT2D eigenvalue weighted by Gasteiger charge is -2.35. The maximum absolute atomic E-state index is 11.7. The minimum Gasteiger partial charge on any atom is -0.348 e. The first-order chi connectivity index (χ1) is 9.56. The molecule has 4 heteroatoms. The summed E-state index contributed by atoms with van der Waals surface area (Å²) in [5, 5.41) is 3.84. The third-order valence-corrected chi connectivity index (χ3v) is 5.05. The molecule has 2 fully saturated rings. The van der Waals surface area contributed by atoms with E-state index >= 15 is 0 Å². The van der Waals surface area contributed by atoms with Crippen molar-refractivity contribution < 1.29 is 4.79 Å². The van der Waals surface area contributed by atoms with Crippen molar-refractivity contribution >= 4 is 5.91 Å². The number of hydrogen-bond donors (Lipinski definition) is 1. The molecule has 0 aromatic carbocycles. The quantitative estimate of drug-likeness (QED) is 0.833. The van der Waals surface area contributed by atoms with E-state index in [9.17, 15) is 4.79 Å². The second kappa shape index (κ2) is 7.41. The molecule has 20 heavy (non-hydrogen) atoms. The molecule has 1 saturated heterocycles. The molecule has 116 valence electrons. The molecule has 1 N–H and O–H groups in total. The first-order valence-corrected chi connectivity index (χ1v) is 8.25. The second-order valence-electron chi connectivity index (χ2n) is 6.84. The molecular formula is C16H31N3O. The summed E-state index contributed by atoms with van der Waals surface area (Å²) in [6.07, 6.45) is 8.01. The molecule has 0 spiro atoms. The van der Waals surface area contributed by atoms with Crippen molar-refractivity contribution in [2.24, 2.45) is 5.92 Å². The zero-order valence-corrected chi connectivity index (χ0v) is 13.4. The van der Waals surface area contributed by atoms with E-state index < -0.39 is 0 Å². The van der Waals surface area contributed by atoms with E-state index in [1.165, 1.54) is 38.5 Å². The highest BCUT2D eigenvalue weighted by Crippen LogP contribution is 2.28. The summed E-state index contributed by atoms with van der Waals surface area (Å²) in [5.74, 6) is 1.11. The van der Waals surface area contributed by atoms with Crippen LogP contribution in [0.25, 0.3) is 0 Å². The molecule has 4 nitrogen and oxygen atoms in total. The van der Waals surface area contributed by atoms with Crippen LogP contribution in [0, 0.1) is 5.92 Å². The normalized spacial score (nSPS) is 23.9. The molecular weight excluding hydrogens is 250 g/mol. The van der Waals surface area contributed by atoms with Crippen LogP contribution in [0.5, 0.6) is 0 Å². The van der Waals surface area contributed by atoms with Crippen molar-refractivity contribution in [2.45, 2.75) is 57.5 Å². The Bertz CT molecular complexity index is 305. The average molecular weight is 281 g/mol. The van der Waals surface area contributed by atoms with Crippen LogP contribution < -0.4 is 5.32 Å². The number of rotatable bonds is 5.